The summed E-state index contributed by atoms with van der Waals surface area (Å²) in [5.74, 6) is 0.335. The van der Waals surface area contributed by atoms with E-state index < -0.39 is 10.0 Å². The zero-order valence-corrected chi connectivity index (χ0v) is 13.1. The lowest BCUT2D eigenvalue weighted by molar-refractivity contribution is 0.566. The first kappa shape index (κ1) is 15.5. The van der Waals surface area contributed by atoms with Gasteiger partial charge < -0.3 is 5.32 Å². The van der Waals surface area contributed by atoms with Crippen molar-refractivity contribution < 1.29 is 8.42 Å². The molecule has 0 aliphatic carbocycles. The smallest absolute Gasteiger partial charge is 0.244 e. The first-order valence-corrected chi connectivity index (χ1v) is 8.14. The minimum atomic E-state index is -3.64. The Balaban J connectivity index is 2.32. The average molecular weight is 305 g/mol. The van der Waals surface area contributed by atoms with Gasteiger partial charge in [-0.25, -0.2) is 18.1 Å². The largest absolute Gasteiger partial charge is 0.372 e. The van der Waals surface area contributed by atoms with Crippen LogP contribution in [0.15, 0.2) is 47.5 Å². The molecule has 2 aromatic rings. The molecule has 2 N–H and O–H groups in total. The number of nitrogens with zero attached hydrogens (tertiary/aromatic N) is 1. The van der Waals surface area contributed by atoms with Crippen LogP contribution in [-0.4, -0.2) is 20.4 Å². The Bertz CT molecular complexity index is 729. The van der Waals surface area contributed by atoms with Gasteiger partial charge in [0.1, 0.15) is 10.7 Å². The second-order valence-electron chi connectivity index (χ2n) is 4.80. The van der Waals surface area contributed by atoms with Crippen LogP contribution in [0.1, 0.15) is 24.1 Å². The number of pyridine rings is 1. The van der Waals surface area contributed by atoms with Crippen molar-refractivity contribution >= 4 is 15.8 Å². The normalized spacial score (nSPS) is 12.9. The third-order valence-corrected chi connectivity index (χ3v) is 4.86. The summed E-state index contributed by atoms with van der Waals surface area (Å²) in [4.78, 5) is 4.18. The highest BCUT2D eigenvalue weighted by atomic mass is 32.2. The molecule has 0 bridgehead atoms. The number of nitrogens with one attached hydrogen (secondary N) is 2. The summed E-state index contributed by atoms with van der Waals surface area (Å²) >= 11 is 0. The van der Waals surface area contributed by atoms with E-state index in [0.717, 1.165) is 11.1 Å². The Morgan fingerprint density at radius 1 is 1.14 bits per heavy atom. The summed E-state index contributed by atoms with van der Waals surface area (Å²) in [5, 5.41) is 2.80. The molecule has 0 saturated heterocycles. The molecule has 1 unspecified atom stereocenters. The molecule has 1 aromatic carbocycles. The Morgan fingerprint density at radius 2 is 1.86 bits per heavy atom. The summed E-state index contributed by atoms with van der Waals surface area (Å²) in [5.41, 5.74) is 2.00. The summed E-state index contributed by atoms with van der Waals surface area (Å²) in [6.45, 7) is 3.79. The van der Waals surface area contributed by atoms with Gasteiger partial charge in [-0.1, -0.05) is 24.3 Å². The van der Waals surface area contributed by atoms with E-state index in [1.807, 2.05) is 38.1 Å². The van der Waals surface area contributed by atoms with Crippen molar-refractivity contribution in [1.82, 2.24) is 9.71 Å². The molecule has 0 aliphatic rings. The van der Waals surface area contributed by atoms with E-state index >= 15 is 0 Å². The van der Waals surface area contributed by atoms with E-state index in [1.165, 1.54) is 6.07 Å². The fourth-order valence-electron chi connectivity index (χ4n) is 2.23. The van der Waals surface area contributed by atoms with E-state index in [4.69, 9.17) is 0 Å². The van der Waals surface area contributed by atoms with E-state index in [0.29, 0.717) is 5.82 Å². The summed E-state index contributed by atoms with van der Waals surface area (Å²) < 4.78 is 27.7. The molecule has 6 heteroatoms. The number of aryl methyl sites for hydroxylation is 1. The van der Waals surface area contributed by atoms with Crippen molar-refractivity contribution in [1.29, 1.82) is 0 Å². The second kappa shape index (κ2) is 6.24. The van der Waals surface area contributed by atoms with Crippen LogP contribution < -0.4 is 10.0 Å². The minimum Gasteiger partial charge on any atom is -0.372 e. The molecule has 0 aliphatic heterocycles. The van der Waals surface area contributed by atoms with Crippen LogP contribution in [0.4, 0.5) is 5.82 Å². The fraction of sp³-hybridized carbons (Fsp3) is 0.267. The Labute approximate surface area is 125 Å². The number of hydrogen-bond acceptors (Lipinski definition) is 4. The molecule has 1 heterocycles. The molecule has 0 amide bonds. The topological polar surface area (TPSA) is 71.1 Å². The predicted molar refractivity (Wildman–Crippen MR) is 83.7 cm³/mol. The number of sulfonamides is 1. The molecular formula is C15H19N3O2S. The van der Waals surface area contributed by atoms with Gasteiger partial charge in [0.15, 0.2) is 0 Å². The highest BCUT2D eigenvalue weighted by molar-refractivity contribution is 7.89. The lowest BCUT2D eigenvalue weighted by Gasteiger charge is -2.17. The number of aromatic nitrogens is 1. The van der Waals surface area contributed by atoms with Gasteiger partial charge in [0.2, 0.25) is 10.0 Å². The van der Waals surface area contributed by atoms with Crippen LogP contribution in [0.5, 0.6) is 0 Å². The number of rotatable bonds is 5. The zero-order valence-electron chi connectivity index (χ0n) is 12.3. The third-order valence-electron chi connectivity index (χ3n) is 3.28. The molecule has 21 heavy (non-hydrogen) atoms. The molecule has 112 valence electrons. The van der Waals surface area contributed by atoms with Gasteiger partial charge in [-0.15, -0.1) is 0 Å². The lowest BCUT2D eigenvalue weighted by Crippen LogP contribution is -2.28. The quantitative estimate of drug-likeness (QED) is 0.890. The molecule has 0 saturated carbocycles. The van der Waals surface area contributed by atoms with Crippen LogP contribution in [0, 0.1) is 6.92 Å². The highest BCUT2D eigenvalue weighted by Gasteiger charge is 2.22. The van der Waals surface area contributed by atoms with Crippen LogP contribution >= 0.6 is 0 Å². The second-order valence-corrected chi connectivity index (χ2v) is 6.48. The molecule has 1 aromatic heterocycles. The molecular weight excluding hydrogens is 286 g/mol. The summed E-state index contributed by atoms with van der Waals surface area (Å²) in [7, 11) is -2.00. The van der Waals surface area contributed by atoms with Crippen molar-refractivity contribution in [3.63, 3.8) is 0 Å². The van der Waals surface area contributed by atoms with Gasteiger partial charge in [-0.05, 0) is 37.1 Å². The molecule has 2 rings (SSSR count). The first-order valence-electron chi connectivity index (χ1n) is 6.66. The maximum absolute atomic E-state index is 12.5. The van der Waals surface area contributed by atoms with Crippen molar-refractivity contribution in [2.45, 2.75) is 24.8 Å². The predicted octanol–water partition coefficient (Wildman–Crippen LogP) is 2.47. The third kappa shape index (κ3) is 3.40. The summed E-state index contributed by atoms with van der Waals surface area (Å²) in [6, 6.07) is 10.5. The van der Waals surface area contributed by atoms with Gasteiger partial charge in [0.05, 0.1) is 0 Å². The van der Waals surface area contributed by atoms with Gasteiger partial charge in [-0.2, -0.15) is 0 Å². The average Bonchev–Trinajstić information content (AvgIpc) is 2.47. The van der Waals surface area contributed by atoms with Gasteiger partial charge in [0, 0.05) is 19.3 Å². The SMILES string of the molecule is CNc1ncccc1S(=O)(=O)NC(C)c1ccccc1C. The molecule has 1 atom stereocenters. The van der Waals surface area contributed by atoms with Crippen molar-refractivity contribution in [3.8, 4) is 0 Å². The number of hydrogen-bond donors (Lipinski definition) is 2. The summed E-state index contributed by atoms with van der Waals surface area (Å²) in [6.07, 6.45) is 1.55. The highest BCUT2D eigenvalue weighted by Crippen LogP contribution is 2.22. The Morgan fingerprint density at radius 3 is 2.52 bits per heavy atom. The van der Waals surface area contributed by atoms with E-state index in [1.54, 1.807) is 19.3 Å². The fourth-order valence-corrected chi connectivity index (χ4v) is 3.61. The monoisotopic (exact) mass is 305 g/mol. The maximum atomic E-state index is 12.5. The van der Waals surface area contributed by atoms with Gasteiger partial charge in [-0.3, -0.25) is 0 Å². The van der Waals surface area contributed by atoms with Gasteiger partial charge >= 0.3 is 0 Å². The molecule has 0 fully saturated rings. The lowest BCUT2D eigenvalue weighted by atomic mass is 10.0. The van der Waals surface area contributed by atoms with Crippen LogP contribution in [0.3, 0.4) is 0 Å². The molecule has 5 nitrogen and oxygen atoms in total. The first-order chi connectivity index (χ1) is 9.95. The number of anilines is 1. The van der Waals surface area contributed by atoms with E-state index in [-0.39, 0.29) is 10.9 Å². The van der Waals surface area contributed by atoms with E-state index in [9.17, 15) is 8.42 Å². The van der Waals surface area contributed by atoms with Crippen molar-refractivity contribution in [2.24, 2.45) is 0 Å². The Hall–Kier alpha value is -1.92. The Kier molecular flexibility index (Phi) is 4.59. The minimum absolute atomic E-state index is 0.146. The van der Waals surface area contributed by atoms with Gasteiger partial charge in [0.25, 0.3) is 0 Å². The molecule has 0 spiro atoms. The van der Waals surface area contributed by atoms with E-state index in [2.05, 4.69) is 15.0 Å². The number of benzene rings is 1. The van der Waals surface area contributed by atoms with Crippen LogP contribution in [0.25, 0.3) is 0 Å². The zero-order chi connectivity index (χ0) is 15.5. The van der Waals surface area contributed by atoms with Crippen LogP contribution in [0.2, 0.25) is 0 Å². The standard InChI is InChI=1S/C15H19N3O2S/c1-11-7-4-5-8-13(11)12(2)18-21(19,20)14-9-6-10-17-15(14)16-3/h4-10,12,18H,1-3H3,(H,16,17). The molecule has 0 radical (unpaired) electrons. The maximum Gasteiger partial charge on any atom is 0.244 e. The van der Waals surface area contributed by atoms with Crippen molar-refractivity contribution in [2.75, 3.05) is 12.4 Å². The van der Waals surface area contributed by atoms with Crippen LogP contribution in [-0.2, 0) is 10.0 Å². The van der Waals surface area contributed by atoms with Crippen molar-refractivity contribution in [3.05, 3.63) is 53.7 Å².